The molecule has 0 radical (unpaired) electrons. The van der Waals surface area contributed by atoms with E-state index in [9.17, 15) is 14.4 Å². The number of rotatable bonds is 13. The lowest BCUT2D eigenvalue weighted by Gasteiger charge is -2.21. The van der Waals surface area contributed by atoms with E-state index >= 15 is 0 Å². The molecule has 1 saturated heterocycles. The summed E-state index contributed by atoms with van der Waals surface area (Å²) in [5, 5.41) is 14.0. The molecular formula is C26H33ClN6O5. The Labute approximate surface area is 226 Å². The minimum atomic E-state index is -0.854. The normalized spacial score (nSPS) is 15.1. The molecule has 4 rings (SSSR count). The predicted octanol–water partition coefficient (Wildman–Crippen LogP) is 2.84. The van der Waals surface area contributed by atoms with Crippen LogP contribution in [-0.2, 0) is 14.3 Å². The van der Waals surface area contributed by atoms with Crippen LogP contribution < -0.4 is 26.7 Å². The third-order valence-electron chi connectivity index (χ3n) is 6.08. The van der Waals surface area contributed by atoms with Crippen LogP contribution in [0.5, 0.6) is 5.75 Å². The zero-order valence-corrected chi connectivity index (χ0v) is 21.9. The van der Waals surface area contributed by atoms with Crippen molar-refractivity contribution >= 4 is 46.5 Å². The number of benzene rings is 2. The van der Waals surface area contributed by atoms with E-state index in [1.165, 1.54) is 0 Å². The van der Waals surface area contributed by atoms with Crippen molar-refractivity contribution < 1.29 is 19.1 Å². The van der Waals surface area contributed by atoms with Crippen LogP contribution in [0, 0.1) is 0 Å². The predicted molar refractivity (Wildman–Crippen MR) is 147 cm³/mol. The van der Waals surface area contributed by atoms with Gasteiger partial charge in [0.25, 0.3) is 11.5 Å². The average Bonchev–Trinajstić information content (AvgIpc) is 2.89. The molecule has 0 saturated carbocycles. The zero-order chi connectivity index (χ0) is 26.0. The van der Waals surface area contributed by atoms with Crippen LogP contribution in [0.4, 0.5) is 11.4 Å². The monoisotopic (exact) mass is 544 g/mol. The largest absolute Gasteiger partial charge is 0.494 e. The van der Waals surface area contributed by atoms with Gasteiger partial charge in [-0.15, -0.1) is 17.5 Å². The number of aromatic nitrogens is 3. The van der Waals surface area contributed by atoms with Crippen LogP contribution in [-0.4, -0.2) is 53.2 Å². The van der Waals surface area contributed by atoms with Crippen LogP contribution in [0.1, 0.15) is 44.6 Å². The van der Waals surface area contributed by atoms with Gasteiger partial charge in [0, 0.05) is 37.6 Å². The summed E-state index contributed by atoms with van der Waals surface area (Å²) in [6.45, 7) is 2.55. The highest BCUT2D eigenvalue weighted by molar-refractivity contribution is 5.99. The molecule has 1 aliphatic heterocycles. The third kappa shape index (κ3) is 7.65. The molecule has 0 aliphatic carbocycles. The second kappa shape index (κ2) is 14.3. The van der Waals surface area contributed by atoms with Crippen molar-refractivity contribution in [2.45, 2.75) is 44.6 Å². The molecule has 12 heteroatoms. The van der Waals surface area contributed by atoms with E-state index in [0.29, 0.717) is 43.0 Å². The van der Waals surface area contributed by atoms with Gasteiger partial charge in [-0.25, -0.2) is 0 Å². The SMILES string of the molecule is Cl.Nc1ccc(OCCCCCOCCCNc2cccc3nnn(C4CCC(=O)NC4=O)c(=O)c23)cc1. The number of hydrogen-bond donors (Lipinski definition) is 3. The van der Waals surface area contributed by atoms with E-state index in [-0.39, 0.29) is 31.2 Å². The lowest BCUT2D eigenvalue weighted by atomic mass is 10.1. The lowest BCUT2D eigenvalue weighted by Crippen LogP contribution is -2.45. The summed E-state index contributed by atoms with van der Waals surface area (Å²) in [7, 11) is 0. The summed E-state index contributed by atoms with van der Waals surface area (Å²) in [6, 6.07) is 11.8. The number of fused-ring (bicyclic) bond motifs is 1. The van der Waals surface area contributed by atoms with E-state index in [0.717, 1.165) is 41.8 Å². The van der Waals surface area contributed by atoms with Crippen LogP contribution >= 0.6 is 12.4 Å². The molecule has 1 fully saturated rings. The molecule has 2 amide bonds. The summed E-state index contributed by atoms with van der Waals surface area (Å²) >= 11 is 0. The Morgan fingerprint density at radius 1 is 1.00 bits per heavy atom. The van der Waals surface area contributed by atoms with Gasteiger partial charge >= 0.3 is 0 Å². The second-order valence-electron chi connectivity index (χ2n) is 8.88. The Morgan fingerprint density at radius 3 is 2.55 bits per heavy atom. The fourth-order valence-corrected chi connectivity index (χ4v) is 4.10. The van der Waals surface area contributed by atoms with Gasteiger partial charge in [-0.3, -0.25) is 19.7 Å². The first-order valence-corrected chi connectivity index (χ1v) is 12.5. The first-order chi connectivity index (χ1) is 18.0. The first-order valence-electron chi connectivity index (χ1n) is 12.5. The van der Waals surface area contributed by atoms with E-state index in [4.69, 9.17) is 15.2 Å². The second-order valence-corrected chi connectivity index (χ2v) is 8.88. The highest BCUT2D eigenvalue weighted by Gasteiger charge is 2.30. The maximum atomic E-state index is 13.2. The van der Waals surface area contributed by atoms with Crippen molar-refractivity contribution in [3.05, 3.63) is 52.8 Å². The van der Waals surface area contributed by atoms with E-state index in [2.05, 4.69) is 20.9 Å². The highest BCUT2D eigenvalue weighted by atomic mass is 35.5. The van der Waals surface area contributed by atoms with Crippen molar-refractivity contribution in [3.63, 3.8) is 0 Å². The zero-order valence-electron chi connectivity index (χ0n) is 21.1. The minimum absolute atomic E-state index is 0. The number of halogens is 1. The maximum absolute atomic E-state index is 13.2. The summed E-state index contributed by atoms with van der Waals surface area (Å²) < 4.78 is 12.5. The van der Waals surface area contributed by atoms with E-state index in [1.807, 2.05) is 24.3 Å². The number of ether oxygens (including phenoxy) is 2. The Balaban J connectivity index is 0.00000400. The molecule has 204 valence electrons. The molecule has 1 aliphatic rings. The van der Waals surface area contributed by atoms with Crippen molar-refractivity contribution in [1.82, 2.24) is 20.3 Å². The van der Waals surface area contributed by atoms with Gasteiger partial charge < -0.3 is 20.5 Å². The van der Waals surface area contributed by atoms with Gasteiger partial charge in [0.1, 0.15) is 17.3 Å². The summed E-state index contributed by atoms with van der Waals surface area (Å²) in [4.78, 5) is 36.8. The molecule has 1 aromatic heterocycles. The number of nitrogens with one attached hydrogen (secondary N) is 2. The van der Waals surface area contributed by atoms with E-state index in [1.54, 1.807) is 18.2 Å². The molecule has 2 heterocycles. The molecular weight excluding hydrogens is 512 g/mol. The van der Waals surface area contributed by atoms with Crippen LogP contribution in [0.3, 0.4) is 0 Å². The Kier molecular flexibility index (Phi) is 10.9. The van der Waals surface area contributed by atoms with Gasteiger partial charge in [-0.2, -0.15) is 4.68 Å². The molecule has 2 aromatic carbocycles. The molecule has 38 heavy (non-hydrogen) atoms. The quantitative estimate of drug-likeness (QED) is 0.167. The van der Waals surface area contributed by atoms with Crippen LogP contribution in [0.2, 0.25) is 0 Å². The molecule has 1 atom stereocenters. The Bertz CT molecular complexity index is 1280. The number of hydrogen-bond acceptors (Lipinski definition) is 9. The molecule has 3 aromatic rings. The summed E-state index contributed by atoms with van der Waals surface area (Å²) in [5.74, 6) is -0.0639. The molecule has 0 bridgehead atoms. The summed E-state index contributed by atoms with van der Waals surface area (Å²) in [6.07, 6.45) is 4.06. The van der Waals surface area contributed by atoms with Crippen LogP contribution in [0.15, 0.2) is 47.3 Å². The van der Waals surface area contributed by atoms with Gasteiger partial charge in [-0.05, 0) is 68.5 Å². The number of nitrogen functional groups attached to an aromatic ring is 1. The average molecular weight is 545 g/mol. The van der Waals surface area contributed by atoms with E-state index < -0.39 is 17.5 Å². The van der Waals surface area contributed by atoms with Crippen molar-refractivity contribution in [2.24, 2.45) is 0 Å². The van der Waals surface area contributed by atoms with Gasteiger partial charge in [0.15, 0.2) is 0 Å². The number of carbonyl (C=O) groups is 2. The lowest BCUT2D eigenvalue weighted by molar-refractivity contribution is -0.136. The maximum Gasteiger partial charge on any atom is 0.280 e. The molecule has 11 nitrogen and oxygen atoms in total. The summed E-state index contributed by atoms with van der Waals surface area (Å²) in [5.41, 5.74) is 7.03. The highest BCUT2D eigenvalue weighted by Crippen LogP contribution is 2.21. The fraction of sp³-hybridized carbons (Fsp3) is 0.423. The molecule has 0 spiro atoms. The van der Waals surface area contributed by atoms with Gasteiger partial charge in [0.05, 0.1) is 12.0 Å². The number of nitrogens with zero attached hydrogens (tertiary/aromatic N) is 3. The number of imide groups is 1. The minimum Gasteiger partial charge on any atom is -0.494 e. The number of amides is 2. The Morgan fingerprint density at radius 2 is 1.76 bits per heavy atom. The van der Waals surface area contributed by atoms with Crippen molar-refractivity contribution in [2.75, 3.05) is 37.4 Å². The fourth-order valence-electron chi connectivity index (χ4n) is 4.10. The Hall–Kier alpha value is -3.70. The third-order valence-corrected chi connectivity index (χ3v) is 6.08. The molecule has 1 unspecified atom stereocenters. The van der Waals surface area contributed by atoms with Crippen LogP contribution in [0.25, 0.3) is 10.9 Å². The van der Waals surface area contributed by atoms with Gasteiger partial charge in [0.2, 0.25) is 5.91 Å². The first kappa shape index (κ1) is 28.9. The number of unbranched alkanes of at least 4 members (excludes halogenated alkanes) is 2. The van der Waals surface area contributed by atoms with Gasteiger partial charge in [-0.1, -0.05) is 11.3 Å². The van der Waals surface area contributed by atoms with Crippen molar-refractivity contribution in [1.29, 1.82) is 0 Å². The number of carbonyl (C=O) groups excluding carboxylic acids is 2. The smallest absolute Gasteiger partial charge is 0.280 e. The number of anilines is 2. The molecule has 4 N–H and O–H groups in total. The number of nitrogens with two attached hydrogens (primary N) is 1. The number of piperidine rings is 1. The van der Waals surface area contributed by atoms with Crippen molar-refractivity contribution in [3.8, 4) is 5.75 Å². The topological polar surface area (TPSA) is 150 Å². The standard InChI is InChI=1S/C26H32N6O5.ClH/c27-18-8-10-19(11-9-18)37-17-3-1-2-15-36-16-5-14-28-20-6-4-7-21-24(20)26(35)32(31-30-21)22-12-13-23(33)29-25(22)34;/h4,6-11,22,28H,1-3,5,12-17,27H2,(H,29,33,34);1H.